The maximum Gasteiger partial charge on any atom is 0.128 e. The number of aliphatic hydroxyl groups is 2. The van der Waals surface area contributed by atoms with Crippen LogP contribution in [0.15, 0.2) is 97.1 Å². The topological polar surface area (TPSA) is 77.4 Å². The molecular weight excluding hydrogens is 580 g/mol. The number of halogens is 4. The summed E-state index contributed by atoms with van der Waals surface area (Å²) in [5, 5.41) is 22.6. The Kier molecular flexibility index (Phi) is 12.9. The van der Waals surface area contributed by atoms with Gasteiger partial charge in [0.05, 0.1) is 39.6 Å². The molecule has 0 amide bonds. The fraction of sp³-hybridized carbons (Fsp3) is 0.294. The van der Waals surface area contributed by atoms with E-state index in [4.69, 9.17) is 18.9 Å². The number of ether oxygens (including phenoxy) is 4. The van der Waals surface area contributed by atoms with Gasteiger partial charge in [0.15, 0.2) is 0 Å². The van der Waals surface area contributed by atoms with Gasteiger partial charge >= 0.3 is 0 Å². The number of aliphatic hydroxyl groups excluding tert-OH is 2. The molecule has 0 saturated heterocycles. The summed E-state index contributed by atoms with van der Waals surface area (Å²) in [6, 6.07) is 23.4. The maximum atomic E-state index is 14.1. The molecule has 4 aromatic rings. The molecule has 0 aromatic heterocycles. The molecule has 10 heteroatoms. The van der Waals surface area contributed by atoms with Gasteiger partial charge in [-0.1, -0.05) is 60.7 Å². The monoisotopic (exact) mass is 614 g/mol. The molecular formula is C34H34F4O6. The van der Waals surface area contributed by atoms with Gasteiger partial charge in [-0.2, -0.15) is 0 Å². The first-order valence-corrected chi connectivity index (χ1v) is 14.0. The molecule has 0 spiro atoms. The van der Waals surface area contributed by atoms with Crippen molar-refractivity contribution in [2.24, 2.45) is 0 Å². The van der Waals surface area contributed by atoms with Crippen molar-refractivity contribution >= 4 is 0 Å². The van der Waals surface area contributed by atoms with Crippen LogP contribution in [-0.4, -0.2) is 47.8 Å². The lowest BCUT2D eigenvalue weighted by Gasteiger charge is -2.32. The molecule has 0 unspecified atom stereocenters. The predicted octanol–water partition coefficient (Wildman–Crippen LogP) is 5.87. The van der Waals surface area contributed by atoms with Gasteiger partial charge < -0.3 is 29.2 Å². The maximum absolute atomic E-state index is 14.1. The lowest BCUT2D eigenvalue weighted by molar-refractivity contribution is -0.170. The van der Waals surface area contributed by atoms with Crippen molar-refractivity contribution < 1.29 is 46.7 Å². The second-order valence-corrected chi connectivity index (χ2v) is 10.2. The molecule has 0 aliphatic heterocycles. The van der Waals surface area contributed by atoms with E-state index in [-0.39, 0.29) is 50.8 Å². The minimum Gasteiger partial charge on any atom is -0.388 e. The fourth-order valence-electron chi connectivity index (χ4n) is 4.39. The van der Waals surface area contributed by atoms with Gasteiger partial charge in [0.25, 0.3) is 0 Å². The van der Waals surface area contributed by atoms with Gasteiger partial charge in [-0.25, -0.2) is 17.6 Å². The standard InChI is InChI=1S/C34H34F4O6/c35-27-11-5-7-23(15-27)17-43-31(21-41-19-25-9-1-3-13-29(25)37)33(39)34(40)32(44-18-24-8-6-12-28(36)16-24)22-42-20-26-10-2-4-14-30(26)38/h1-16,31-34,39-40H,17-22H2/t31-,32-,33-,34-/m1/s1. The highest BCUT2D eigenvalue weighted by atomic mass is 19.1. The SMILES string of the molecule is O[C@@H]([C@H](O)[C@@H](COCc1ccccc1F)OCc1cccc(F)c1)[C@@H](COCc1ccccc1F)OCc1cccc(F)c1. The summed E-state index contributed by atoms with van der Waals surface area (Å²) in [5.74, 6) is -1.89. The van der Waals surface area contributed by atoms with Crippen LogP contribution in [0.1, 0.15) is 22.3 Å². The Bertz CT molecular complexity index is 1350. The van der Waals surface area contributed by atoms with Gasteiger partial charge in [-0.15, -0.1) is 0 Å². The van der Waals surface area contributed by atoms with Crippen LogP contribution < -0.4 is 0 Å². The zero-order valence-corrected chi connectivity index (χ0v) is 23.8. The molecule has 2 N–H and O–H groups in total. The molecule has 0 saturated carbocycles. The lowest BCUT2D eigenvalue weighted by Crippen LogP contribution is -2.49. The summed E-state index contributed by atoms with van der Waals surface area (Å²) in [4.78, 5) is 0. The third kappa shape index (κ3) is 10.2. The van der Waals surface area contributed by atoms with E-state index >= 15 is 0 Å². The van der Waals surface area contributed by atoms with Gasteiger partial charge in [0.2, 0.25) is 0 Å². The van der Waals surface area contributed by atoms with Crippen LogP contribution in [0.5, 0.6) is 0 Å². The largest absolute Gasteiger partial charge is 0.388 e. The Balaban J connectivity index is 1.47. The highest BCUT2D eigenvalue weighted by Crippen LogP contribution is 2.19. The molecule has 4 atom stereocenters. The number of rotatable bonds is 17. The highest BCUT2D eigenvalue weighted by Gasteiger charge is 2.34. The molecule has 0 bridgehead atoms. The first-order valence-electron chi connectivity index (χ1n) is 14.0. The molecule has 4 rings (SSSR count). The van der Waals surface area contributed by atoms with Gasteiger partial charge in [0.1, 0.15) is 47.7 Å². The minimum absolute atomic E-state index is 0.131. The Morgan fingerprint density at radius 2 is 0.909 bits per heavy atom. The van der Waals surface area contributed by atoms with E-state index in [2.05, 4.69) is 0 Å². The van der Waals surface area contributed by atoms with Crippen molar-refractivity contribution in [3.63, 3.8) is 0 Å². The Morgan fingerprint density at radius 3 is 1.30 bits per heavy atom. The Labute approximate surface area is 253 Å². The van der Waals surface area contributed by atoms with E-state index in [0.29, 0.717) is 11.1 Å². The zero-order chi connectivity index (χ0) is 31.3. The molecule has 0 aliphatic rings. The highest BCUT2D eigenvalue weighted by molar-refractivity contribution is 5.18. The fourth-order valence-corrected chi connectivity index (χ4v) is 4.39. The zero-order valence-electron chi connectivity index (χ0n) is 23.8. The Morgan fingerprint density at radius 1 is 0.500 bits per heavy atom. The van der Waals surface area contributed by atoms with Gasteiger partial charge in [-0.05, 0) is 47.5 Å². The predicted molar refractivity (Wildman–Crippen MR) is 154 cm³/mol. The molecule has 0 heterocycles. The van der Waals surface area contributed by atoms with Crippen LogP contribution in [-0.2, 0) is 45.4 Å². The molecule has 44 heavy (non-hydrogen) atoms. The quantitative estimate of drug-likeness (QED) is 0.145. The van der Waals surface area contributed by atoms with Gasteiger partial charge in [0, 0.05) is 11.1 Å². The third-order valence-electron chi connectivity index (χ3n) is 6.81. The van der Waals surface area contributed by atoms with E-state index < -0.39 is 47.7 Å². The van der Waals surface area contributed by atoms with Crippen LogP contribution >= 0.6 is 0 Å². The molecule has 234 valence electrons. The average molecular weight is 615 g/mol. The summed E-state index contributed by atoms with van der Waals surface area (Å²) in [6.07, 6.45) is -5.60. The molecule has 0 radical (unpaired) electrons. The van der Waals surface area contributed by atoms with E-state index in [1.54, 1.807) is 48.5 Å². The Hall–Kier alpha value is -3.64. The van der Waals surface area contributed by atoms with E-state index in [1.807, 2.05) is 0 Å². The lowest BCUT2D eigenvalue weighted by atomic mass is 10.0. The first-order chi connectivity index (χ1) is 21.3. The van der Waals surface area contributed by atoms with Crippen LogP contribution in [0.25, 0.3) is 0 Å². The normalized spacial score (nSPS) is 14.2. The molecule has 4 aromatic carbocycles. The average Bonchev–Trinajstić information content (AvgIpc) is 3.01. The number of hydrogen-bond donors (Lipinski definition) is 2. The van der Waals surface area contributed by atoms with Crippen molar-refractivity contribution in [2.45, 2.75) is 50.8 Å². The summed E-state index contributed by atoms with van der Waals surface area (Å²) in [5.41, 5.74) is 1.50. The second-order valence-electron chi connectivity index (χ2n) is 10.2. The van der Waals surface area contributed by atoms with Crippen LogP contribution in [0.4, 0.5) is 17.6 Å². The second kappa shape index (κ2) is 17.0. The summed E-state index contributed by atoms with van der Waals surface area (Å²) in [7, 11) is 0. The van der Waals surface area contributed by atoms with Crippen LogP contribution in [0.2, 0.25) is 0 Å². The third-order valence-corrected chi connectivity index (χ3v) is 6.81. The first kappa shape index (κ1) is 33.3. The smallest absolute Gasteiger partial charge is 0.128 e. The molecule has 0 aliphatic carbocycles. The minimum atomic E-state index is -1.63. The summed E-state index contributed by atoms with van der Waals surface area (Å²) < 4.78 is 78.8. The van der Waals surface area contributed by atoms with E-state index in [1.165, 1.54) is 48.5 Å². The van der Waals surface area contributed by atoms with E-state index in [0.717, 1.165) is 0 Å². The summed E-state index contributed by atoms with van der Waals surface area (Å²) >= 11 is 0. The van der Waals surface area contributed by atoms with E-state index in [9.17, 15) is 27.8 Å². The van der Waals surface area contributed by atoms with Crippen molar-refractivity contribution in [3.05, 3.63) is 143 Å². The molecule has 0 fully saturated rings. The van der Waals surface area contributed by atoms with Crippen molar-refractivity contribution in [3.8, 4) is 0 Å². The van der Waals surface area contributed by atoms with Gasteiger partial charge in [-0.3, -0.25) is 0 Å². The van der Waals surface area contributed by atoms with Crippen LogP contribution in [0.3, 0.4) is 0 Å². The molecule has 6 nitrogen and oxygen atoms in total. The van der Waals surface area contributed by atoms with Crippen molar-refractivity contribution in [2.75, 3.05) is 13.2 Å². The number of hydrogen-bond acceptors (Lipinski definition) is 6. The van der Waals surface area contributed by atoms with Crippen molar-refractivity contribution in [1.29, 1.82) is 0 Å². The summed E-state index contributed by atoms with van der Waals surface area (Å²) in [6.45, 7) is -1.08. The van der Waals surface area contributed by atoms with Crippen LogP contribution in [0, 0.1) is 23.3 Å². The number of benzene rings is 4. The van der Waals surface area contributed by atoms with Crippen molar-refractivity contribution in [1.82, 2.24) is 0 Å².